The first-order valence-corrected chi connectivity index (χ1v) is 12.5. The zero-order chi connectivity index (χ0) is 23.4. The molecule has 0 radical (unpaired) electrons. The second kappa shape index (κ2) is 8.14. The van der Waals surface area contributed by atoms with Crippen molar-refractivity contribution in [1.82, 2.24) is 9.55 Å². The van der Waals surface area contributed by atoms with Crippen molar-refractivity contribution in [2.75, 3.05) is 6.61 Å². The van der Waals surface area contributed by atoms with E-state index in [9.17, 15) is 9.59 Å². The fraction of sp³-hybridized carbons (Fsp3) is 0.667. The third-order valence-corrected chi connectivity index (χ3v) is 9.28. The predicted molar refractivity (Wildman–Crippen MR) is 125 cm³/mol. The molecule has 0 amide bonds. The fourth-order valence-corrected chi connectivity index (χ4v) is 7.67. The van der Waals surface area contributed by atoms with Gasteiger partial charge in [-0.05, 0) is 68.6 Å². The summed E-state index contributed by atoms with van der Waals surface area (Å²) in [4.78, 5) is 27.9. The summed E-state index contributed by atoms with van der Waals surface area (Å²) in [5.41, 5.74) is 3.48. The molecule has 5 rings (SSSR count). The molecule has 178 valence electrons. The van der Waals surface area contributed by atoms with E-state index in [4.69, 9.17) is 9.47 Å². The van der Waals surface area contributed by atoms with Crippen molar-refractivity contribution in [1.29, 1.82) is 0 Å². The van der Waals surface area contributed by atoms with Crippen molar-refractivity contribution in [3.8, 4) is 0 Å². The van der Waals surface area contributed by atoms with Gasteiger partial charge in [0.25, 0.3) is 0 Å². The van der Waals surface area contributed by atoms with Gasteiger partial charge in [0.15, 0.2) is 5.69 Å². The maximum absolute atomic E-state index is 12.1. The Balaban J connectivity index is 1.37. The minimum atomic E-state index is -0.359. The lowest BCUT2D eigenvalue weighted by molar-refractivity contribution is -0.148. The monoisotopic (exact) mass is 452 g/mol. The van der Waals surface area contributed by atoms with Crippen LogP contribution in [0.25, 0.3) is 5.70 Å². The van der Waals surface area contributed by atoms with E-state index in [1.54, 1.807) is 6.33 Å². The van der Waals surface area contributed by atoms with Crippen molar-refractivity contribution in [2.24, 2.45) is 28.6 Å². The van der Waals surface area contributed by atoms with Gasteiger partial charge in [-0.3, -0.25) is 4.79 Å². The number of aromatic nitrogens is 2. The molecule has 0 bridgehead atoms. The lowest BCUT2D eigenvalue weighted by atomic mass is 9.48. The molecule has 3 unspecified atom stereocenters. The van der Waals surface area contributed by atoms with Gasteiger partial charge in [-0.1, -0.05) is 31.6 Å². The molecule has 6 atom stereocenters. The molecule has 0 aliphatic heterocycles. The zero-order valence-electron chi connectivity index (χ0n) is 20.3. The molecule has 0 N–H and O–H groups in total. The van der Waals surface area contributed by atoms with Crippen molar-refractivity contribution in [3.05, 3.63) is 35.9 Å². The van der Waals surface area contributed by atoms with Gasteiger partial charge >= 0.3 is 11.9 Å². The Morgan fingerprint density at radius 3 is 2.67 bits per heavy atom. The highest BCUT2D eigenvalue weighted by atomic mass is 16.5. The highest BCUT2D eigenvalue weighted by Gasteiger charge is 2.57. The van der Waals surface area contributed by atoms with Crippen LogP contribution in [0.4, 0.5) is 0 Å². The minimum absolute atomic E-state index is 0.0433. The van der Waals surface area contributed by atoms with Crippen molar-refractivity contribution in [3.63, 3.8) is 0 Å². The lowest BCUT2D eigenvalue weighted by Crippen LogP contribution is -2.50. The van der Waals surface area contributed by atoms with Crippen LogP contribution in [-0.2, 0) is 14.3 Å². The second-order valence-electron chi connectivity index (χ2n) is 10.9. The highest BCUT2D eigenvalue weighted by molar-refractivity contribution is 5.87. The van der Waals surface area contributed by atoms with Gasteiger partial charge in [0, 0.05) is 30.7 Å². The highest BCUT2D eigenvalue weighted by Crippen LogP contribution is 2.65. The Morgan fingerprint density at radius 1 is 1.12 bits per heavy atom. The number of carbonyl (C=O) groups is 2. The molecule has 4 aliphatic rings. The fourth-order valence-electron chi connectivity index (χ4n) is 7.67. The maximum atomic E-state index is 12.1. The van der Waals surface area contributed by atoms with Gasteiger partial charge in [-0.25, -0.2) is 9.78 Å². The molecule has 0 saturated heterocycles. The first-order valence-electron chi connectivity index (χ1n) is 12.5. The number of imidazole rings is 1. The van der Waals surface area contributed by atoms with Gasteiger partial charge in [0.1, 0.15) is 6.10 Å². The van der Waals surface area contributed by atoms with Crippen LogP contribution in [0.5, 0.6) is 0 Å². The number of allylic oxidation sites excluding steroid dienone is 3. The summed E-state index contributed by atoms with van der Waals surface area (Å²) in [6.07, 6.45) is 16.0. The summed E-state index contributed by atoms with van der Waals surface area (Å²) in [6, 6.07) is 0. The molecule has 1 aromatic rings. The Kier molecular flexibility index (Phi) is 5.53. The standard InChI is InChI=1S/C27H36N2O4/c1-5-32-25(31)23-15-29(16-28-23)24-9-8-21-20-7-6-18-14-19(33-17(2)30)10-12-26(18,3)22(20)11-13-27(21,24)4/h6,9,15-16,19-22H,5,7-8,10-14H2,1-4H3/t19-,20?,21?,22?,26-,27-/m0/s1. The minimum Gasteiger partial charge on any atom is -0.462 e. The van der Waals surface area contributed by atoms with E-state index < -0.39 is 0 Å². The number of carbonyl (C=O) groups excluding carboxylic acids is 2. The molecule has 1 aromatic heterocycles. The Bertz CT molecular complexity index is 1020. The number of ether oxygens (including phenoxy) is 2. The van der Waals surface area contributed by atoms with Crippen molar-refractivity contribution >= 4 is 17.6 Å². The van der Waals surface area contributed by atoms with Crippen LogP contribution < -0.4 is 0 Å². The number of hydrogen-bond acceptors (Lipinski definition) is 5. The molecule has 4 aliphatic carbocycles. The predicted octanol–water partition coefficient (Wildman–Crippen LogP) is 5.41. The summed E-state index contributed by atoms with van der Waals surface area (Å²) in [7, 11) is 0. The van der Waals surface area contributed by atoms with E-state index >= 15 is 0 Å². The van der Waals surface area contributed by atoms with E-state index in [2.05, 4.69) is 35.6 Å². The summed E-state index contributed by atoms with van der Waals surface area (Å²) in [5, 5.41) is 0. The van der Waals surface area contributed by atoms with Crippen LogP contribution in [0.1, 0.15) is 83.1 Å². The van der Waals surface area contributed by atoms with Crippen LogP contribution >= 0.6 is 0 Å². The Labute approximate surface area is 196 Å². The smallest absolute Gasteiger partial charge is 0.358 e. The van der Waals surface area contributed by atoms with E-state index in [1.165, 1.54) is 24.6 Å². The summed E-state index contributed by atoms with van der Waals surface area (Å²) < 4.78 is 12.8. The summed E-state index contributed by atoms with van der Waals surface area (Å²) in [6.45, 7) is 8.56. The quantitative estimate of drug-likeness (QED) is 0.452. The zero-order valence-corrected chi connectivity index (χ0v) is 20.3. The van der Waals surface area contributed by atoms with E-state index in [-0.39, 0.29) is 28.9 Å². The van der Waals surface area contributed by atoms with Gasteiger partial charge in [-0.2, -0.15) is 0 Å². The van der Waals surface area contributed by atoms with Crippen LogP contribution in [0.3, 0.4) is 0 Å². The van der Waals surface area contributed by atoms with Crippen molar-refractivity contribution in [2.45, 2.75) is 78.7 Å². The second-order valence-corrected chi connectivity index (χ2v) is 10.9. The normalized spacial score (nSPS) is 37.2. The molecule has 6 nitrogen and oxygen atoms in total. The molecule has 0 spiro atoms. The third kappa shape index (κ3) is 3.57. The van der Waals surface area contributed by atoms with Gasteiger partial charge < -0.3 is 14.0 Å². The number of rotatable bonds is 4. The molecule has 1 heterocycles. The van der Waals surface area contributed by atoms with Crippen LogP contribution in [0.2, 0.25) is 0 Å². The number of nitrogens with zero attached hydrogens (tertiary/aromatic N) is 2. The molecule has 6 heteroatoms. The topological polar surface area (TPSA) is 70.4 Å². The summed E-state index contributed by atoms with van der Waals surface area (Å²) in [5.74, 6) is 1.41. The maximum Gasteiger partial charge on any atom is 0.358 e. The first-order chi connectivity index (χ1) is 15.8. The molecule has 0 aromatic carbocycles. The average molecular weight is 453 g/mol. The SMILES string of the molecule is CCOC(=O)c1cn(C2=CCC3C4CC=C5C[C@@H](OC(C)=O)CC[C@]5(C)C4CC[C@]23C)cn1. The lowest BCUT2D eigenvalue weighted by Gasteiger charge is -2.57. The van der Waals surface area contributed by atoms with Gasteiger partial charge in [0.05, 0.1) is 12.9 Å². The van der Waals surface area contributed by atoms with Gasteiger partial charge in [-0.15, -0.1) is 0 Å². The largest absolute Gasteiger partial charge is 0.462 e. The Morgan fingerprint density at radius 2 is 1.91 bits per heavy atom. The molecule has 33 heavy (non-hydrogen) atoms. The molecule has 2 fully saturated rings. The van der Waals surface area contributed by atoms with E-state index in [0.29, 0.717) is 30.1 Å². The van der Waals surface area contributed by atoms with E-state index in [0.717, 1.165) is 38.5 Å². The Hall–Kier alpha value is -2.37. The van der Waals surface area contributed by atoms with Crippen molar-refractivity contribution < 1.29 is 19.1 Å². The summed E-state index contributed by atoms with van der Waals surface area (Å²) >= 11 is 0. The first kappa shape index (κ1) is 22.4. The number of hydrogen-bond donors (Lipinski definition) is 0. The van der Waals surface area contributed by atoms with E-state index in [1.807, 2.05) is 13.1 Å². The average Bonchev–Trinajstić information content (AvgIpc) is 3.38. The van der Waals surface area contributed by atoms with Gasteiger partial charge in [0.2, 0.25) is 0 Å². The van der Waals surface area contributed by atoms with Crippen LogP contribution in [0, 0.1) is 28.6 Å². The number of fused-ring (bicyclic) bond motifs is 5. The van der Waals surface area contributed by atoms with Crippen LogP contribution in [-0.4, -0.2) is 34.2 Å². The van der Waals surface area contributed by atoms with Crippen LogP contribution in [0.15, 0.2) is 30.2 Å². The number of esters is 2. The molecular formula is C27H36N2O4. The third-order valence-electron chi connectivity index (χ3n) is 9.28. The molecule has 2 saturated carbocycles. The molecular weight excluding hydrogens is 416 g/mol.